The van der Waals surface area contributed by atoms with Gasteiger partial charge in [0.05, 0.1) is 17.1 Å². The maximum absolute atomic E-state index is 6.69. The van der Waals surface area contributed by atoms with Crippen molar-refractivity contribution in [3.8, 4) is 44.5 Å². The summed E-state index contributed by atoms with van der Waals surface area (Å²) in [6, 6.07) is 64.6. The molecule has 0 N–H and O–H groups in total. The number of anilines is 3. The molecule has 1 heterocycles. The minimum absolute atomic E-state index is 0.0581. The third-order valence-electron chi connectivity index (χ3n) is 12.7. The van der Waals surface area contributed by atoms with Gasteiger partial charge in [0.15, 0.2) is 0 Å². The normalized spacial score (nSPS) is 14.4. The fourth-order valence-electron chi connectivity index (χ4n) is 9.97. The van der Waals surface area contributed by atoms with Crippen LogP contribution in [0.2, 0.25) is 0 Å². The van der Waals surface area contributed by atoms with E-state index in [9.17, 15) is 0 Å². The maximum Gasteiger partial charge on any atom is 0.143 e. The Morgan fingerprint density at radius 3 is 1.70 bits per heavy atom. The molecule has 0 aliphatic heterocycles. The highest BCUT2D eigenvalue weighted by atomic mass is 16.3. The van der Waals surface area contributed by atoms with Crippen molar-refractivity contribution in [1.29, 1.82) is 0 Å². The number of para-hydroxylation sites is 4. The van der Waals surface area contributed by atoms with E-state index in [1.54, 1.807) is 0 Å². The molecule has 2 heteroatoms. The highest BCUT2D eigenvalue weighted by Crippen LogP contribution is 2.57. The van der Waals surface area contributed by atoms with Crippen molar-refractivity contribution in [2.24, 2.45) is 0 Å². The third-order valence-corrected chi connectivity index (χ3v) is 12.7. The molecular formula is C54H41NO. The van der Waals surface area contributed by atoms with E-state index >= 15 is 0 Å². The van der Waals surface area contributed by atoms with Crippen molar-refractivity contribution in [2.75, 3.05) is 4.90 Å². The summed E-state index contributed by atoms with van der Waals surface area (Å²) in [7, 11) is 0. The van der Waals surface area contributed by atoms with Crippen molar-refractivity contribution < 1.29 is 4.42 Å². The van der Waals surface area contributed by atoms with E-state index in [0.717, 1.165) is 50.1 Å². The summed E-state index contributed by atoms with van der Waals surface area (Å²) in [5.74, 6) is 0. The summed E-state index contributed by atoms with van der Waals surface area (Å²) in [6.07, 6.45) is 0. The predicted molar refractivity (Wildman–Crippen MR) is 234 cm³/mol. The van der Waals surface area contributed by atoms with E-state index in [4.69, 9.17) is 4.42 Å². The Bertz CT molecular complexity index is 3050. The summed E-state index contributed by atoms with van der Waals surface area (Å²) in [5.41, 5.74) is 20.2. The Labute approximate surface area is 328 Å². The van der Waals surface area contributed by atoms with Gasteiger partial charge in [-0.25, -0.2) is 0 Å². The van der Waals surface area contributed by atoms with Crippen molar-refractivity contribution in [3.05, 3.63) is 198 Å². The van der Waals surface area contributed by atoms with E-state index in [1.807, 2.05) is 6.07 Å². The molecular weight excluding hydrogens is 679 g/mol. The van der Waals surface area contributed by atoms with Crippen molar-refractivity contribution in [3.63, 3.8) is 0 Å². The molecule has 0 radical (unpaired) electrons. The first-order valence-electron chi connectivity index (χ1n) is 19.7. The molecule has 0 saturated carbocycles. The SMILES string of the molecule is CC1(C)c2ccccc2-c2cc(-c3ccccc3N(c3ccccc3-c3cccc4c3oc3ccccc34)c3cccc4c3-c3ccccc3C4(C)C)ccc21. The fraction of sp³-hybridized carbons (Fsp3) is 0.111. The summed E-state index contributed by atoms with van der Waals surface area (Å²) in [4.78, 5) is 2.52. The first kappa shape index (κ1) is 32.8. The van der Waals surface area contributed by atoms with Crippen LogP contribution in [0.5, 0.6) is 0 Å². The molecule has 0 atom stereocenters. The Hall–Kier alpha value is -6.64. The molecule has 0 saturated heterocycles. The van der Waals surface area contributed by atoms with E-state index in [-0.39, 0.29) is 10.8 Å². The first-order valence-corrected chi connectivity index (χ1v) is 19.7. The smallest absolute Gasteiger partial charge is 0.143 e. The van der Waals surface area contributed by atoms with Crippen molar-refractivity contribution >= 4 is 39.0 Å². The zero-order valence-corrected chi connectivity index (χ0v) is 32.1. The second-order valence-corrected chi connectivity index (χ2v) is 16.5. The first-order chi connectivity index (χ1) is 27.3. The zero-order valence-electron chi connectivity index (χ0n) is 32.1. The number of fused-ring (bicyclic) bond motifs is 9. The minimum atomic E-state index is -0.146. The van der Waals surface area contributed by atoms with E-state index in [1.165, 1.54) is 55.6 Å². The van der Waals surface area contributed by atoms with E-state index < -0.39 is 0 Å². The second kappa shape index (κ2) is 11.9. The van der Waals surface area contributed by atoms with Crippen LogP contribution in [0.25, 0.3) is 66.4 Å². The number of rotatable bonds is 5. The lowest BCUT2D eigenvalue weighted by Gasteiger charge is -2.32. The average Bonchev–Trinajstić information content (AvgIpc) is 3.81. The van der Waals surface area contributed by atoms with Crippen LogP contribution in [0.3, 0.4) is 0 Å². The third kappa shape index (κ3) is 4.56. The van der Waals surface area contributed by atoms with Gasteiger partial charge in [-0.3, -0.25) is 0 Å². The summed E-state index contributed by atoms with van der Waals surface area (Å²) >= 11 is 0. The van der Waals surface area contributed by atoms with Gasteiger partial charge in [-0.05, 0) is 74.8 Å². The molecule has 0 unspecified atom stereocenters. The minimum Gasteiger partial charge on any atom is -0.455 e. The average molecular weight is 720 g/mol. The molecule has 2 nitrogen and oxygen atoms in total. The van der Waals surface area contributed by atoms with Crippen LogP contribution in [0.4, 0.5) is 17.1 Å². The molecule has 0 fully saturated rings. The molecule has 0 bridgehead atoms. The topological polar surface area (TPSA) is 16.4 Å². The number of benzene rings is 8. The highest BCUT2D eigenvalue weighted by Gasteiger charge is 2.39. The largest absolute Gasteiger partial charge is 0.455 e. The molecule has 2 aliphatic rings. The van der Waals surface area contributed by atoms with Gasteiger partial charge < -0.3 is 9.32 Å². The van der Waals surface area contributed by atoms with Gasteiger partial charge in [-0.15, -0.1) is 0 Å². The van der Waals surface area contributed by atoms with Gasteiger partial charge in [0.1, 0.15) is 11.2 Å². The van der Waals surface area contributed by atoms with Crippen molar-refractivity contribution in [2.45, 2.75) is 38.5 Å². The molecule has 0 spiro atoms. The van der Waals surface area contributed by atoms with Crippen LogP contribution in [-0.4, -0.2) is 0 Å². The molecule has 2 aliphatic carbocycles. The number of nitrogens with zero attached hydrogens (tertiary/aromatic N) is 1. The molecule has 8 aromatic carbocycles. The standard InChI is InChI=1S/C54H41NO/c1-53(2)43-24-10-5-18-36(43)42-33-34(31-32-45(42)53)35-17-7-12-27-47(35)55(49-29-16-26-46-51(49)41-21-6-11-25-44(41)54(46,3)4)48-28-13-8-19-37(48)39-22-15-23-40-38-20-9-14-30-50(38)56-52(39)40/h5-33H,1-4H3. The molecule has 1 aromatic heterocycles. The molecule has 268 valence electrons. The zero-order chi connectivity index (χ0) is 37.8. The van der Waals surface area contributed by atoms with E-state index in [0.29, 0.717) is 0 Å². The predicted octanol–water partition coefficient (Wildman–Crippen LogP) is 15.0. The van der Waals surface area contributed by atoms with Gasteiger partial charge >= 0.3 is 0 Å². The molecule has 56 heavy (non-hydrogen) atoms. The van der Waals surface area contributed by atoms with Gasteiger partial charge in [-0.2, -0.15) is 0 Å². The van der Waals surface area contributed by atoms with Crippen LogP contribution in [0, 0.1) is 0 Å². The Morgan fingerprint density at radius 1 is 0.375 bits per heavy atom. The summed E-state index contributed by atoms with van der Waals surface area (Å²) < 4.78 is 6.69. The van der Waals surface area contributed by atoms with E-state index in [2.05, 4.69) is 202 Å². The lowest BCUT2D eigenvalue weighted by atomic mass is 9.82. The van der Waals surface area contributed by atoms with Gasteiger partial charge in [0.2, 0.25) is 0 Å². The van der Waals surface area contributed by atoms with Crippen LogP contribution in [0.1, 0.15) is 49.9 Å². The Balaban J connectivity index is 1.20. The number of furan rings is 1. The summed E-state index contributed by atoms with van der Waals surface area (Å²) in [6.45, 7) is 9.42. The van der Waals surface area contributed by atoms with Crippen LogP contribution < -0.4 is 4.90 Å². The summed E-state index contributed by atoms with van der Waals surface area (Å²) in [5, 5.41) is 2.25. The quantitative estimate of drug-likeness (QED) is 0.176. The highest BCUT2D eigenvalue weighted by molar-refractivity contribution is 6.11. The number of hydrogen-bond acceptors (Lipinski definition) is 2. The van der Waals surface area contributed by atoms with Crippen LogP contribution >= 0.6 is 0 Å². The molecule has 0 amide bonds. The van der Waals surface area contributed by atoms with Crippen LogP contribution in [0.15, 0.2) is 180 Å². The maximum atomic E-state index is 6.69. The van der Waals surface area contributed by atoms with Gasteiger partial charge in [0, 0.05) is 43.9 Å². The fourth-order valence-corrected chi connectivity index (χ4v) is 9.97. The van der Waals surface area contributed by atoms with Gasteiger partial charge in [0.25, 0.3) is 0 Å². The monoisotopic (exact) mass is 719 g/mol. The second-order valence-electron chi connectivity index (χ2n) is 16.5. The molecule has 11 rings (SSSR count). The Kier molecular flexibility index (Phi) is 6.98. The van der Waals surface area contributed by atoms with Crippen LogP contribution in [-0.2, 0) is 10.8 Å². The Morgan fingerprint density at radius 2 is 0.893 bits per heavy atom. The molecule has 9 aromatic rings. The number of hydrogen-bond donors (Lipinski definition) is 0. The van der Waals surface area contributed by atoms with Gasteiger partial charge in [-0.1, -0.05) is 173 Å². The van der Waals surface area contributed by atoms with Crippen molar-refractivity contribution in [1.82, 2.24) is 0 Å². The lowest BCUT2D eigenvalue weighted by molar-refractivity contribution is 0.660. The lowest BCUT2D eigenvalue weighted by Crippen LogP contribution is -2.16.